The van der Waals surface area contributed by atoms with E-state index >= 15 is 0 Å². The average molecular weight is 817 g/mol. The quantitative estimate of drug-likeness (QED) is 0.0744. The Morgan fingerprint density at radius 3 is 1.65 bits per heavy atom. The molecule has 0 aliphatic carbocycles. The third kappa shape index (κ3) is 10.5. The van der Waals surface area contributed by atoms with Crippen molar-refractivity contribution >= 4 is 39.6 Å². The monoisotopic (exact) mass is 816 g/mol. The number of hydrogen-bond donors (Lipinski definition) is 2. The molecule has 0 radical (unpaired) electrons. The van der Waals surface area contributed by atoms with Crippen LogP contribution >= 0.6 is 0 Å². The Bertz CT molecular complexity index is 2480. The van der Waals surface area contributed by atoms with Crippen LogP contribution in [0.1, 0.15) is 60.0 Å². The third-order valence-electron chi connectivity index (χ3n) is 8.97. The molecular formula is C45H48N6O9. The number of benzene rings is 2. The van der Waals surface area contributed by atoms with Crippen LogP contribution in [-0.4, -0.2) is 85.2 Å². The molecule has 15 nitrogen and oxygen atoms in total. The number of aromatic nitrogens is 4. The highest BCUT2D eigenvalue weighted by Crippen LogP contribution is 2.33. The van der Waals surface area contributed by atoms with Crippen LogP contribution < -0.4 is 10.6 Å². The van der Waals surface area contributed by atoms with Gasteiger partial charge >= 0.3 is 0 Å². The van der Waals surface area contributed by atoms with Crippen LogP contribution in [0.15, 0.2) is 111 Å². The molecule has 60 heavy (non-hydrogen) atoms. The minimum atomic E-state index is -0.513. The molecular weight excluding hydrogens is 769 g/mol. The Labute approximate surface area is 347 Å². The van der Waals surface area contributed by atoms with Crippen LogP contribution in [0, 0.1) is 0 Å². The average Bonchev–Trinajstić information content (AvgIpc) is 4.15. The molecule has 0 fully saturated rings. The van der Waals surface area contributed by atoms with E-state index in [-0.39, 0.29) is 18.4 Å². The van der Waals surface area contributed by atoms with Gasteiger partial charge in [-0.15, -0.1) is 0 Å². The van der Waals surface area contributed by atoms with Gasteiger partial charge in [-0.3, -0.25) is 9.59 Å². The summed E-state index contributed by atoms with van der Waals surface area (Å²) in [7, 11) is 3.03. The summed E-state index contributed by atoms with van der Waals surface area (Å²) in [4.78, 5) is 43.8. The molecule has 0 unspecified atom stereocenters. The summed E-state index contributed by atoms with van der Waals surface area (Å²) in [5, 5.41) is 5.68. The van der Waals surface area contributed by atoms with Crippen molar-refractivity contribution in [2.24, 2.45) is 0 Å². The molecule has 5 aromatic heterocycles. The fourth-order valence-corrected chi connectivity index (χ4v) is 6.06. The van der Waals surface area contributed by atoms with Gasteiger partial charge in [0.2, 0.25) is 0 Å². The van der Waals surface area contributed by atoms with E-state index in [1.807, 2.05) is 45.0 Å². The summed E-state index contributed by atoms with van der Waals surface area (Å²) >= 11 is 0. The second-order valence-electron chi connectivity index (χ2n) is 12.8. The van der Waals surface area contributed by atoms with Gasteiger partial charge in [-0.25, -0.2) is 19.9 Å². The van der Waals surface area contributed by atoms with Gasteiger partial charge in [0.05, 0.1) is 54.0 Å². The number of nitrogens with one attached hydrogen (secondary N) is 2. The fourth-order valence-electron chi connectivity index (χ4n) is 6.06. The van der Waals surface area contributed by atoms with E-state index in [0.717, 1.165) is 12.8 Å². The van der Waals surface area contributed by atoms with Gasteiger partial charge < -0.3 is 42.8 Å². The Kier molecular flexibility index (Phi) is 15.3. The first-order valence-corrected chi connectivity index (χ1v) is 19.7. The number of rotatable bonds is 15. The van der Waals surface area contributed by atoms with Crippen LogP contribution in [0.3, 0.4) is 0 Å². The normalized spacial score (nSPS) is 12.0. The number of fused-ring (bicyclic) bond motifs is 2. The Morgan fingerprint density at radius 1 is 0.683 bits per heavy atom. The molecule has 0 bridgehead atoms. The summed E-state index contributed by atoms with van der Waals surface area (Å²) < 4.78 is 37.7. The van der Waals surface area contributed by atoms with Gasteiger partial charge in [-0.05, 0) is 92.2 Å². The van der Waals surface area contributed by atoms with Gasteiger partial charge in [-0.1, -0.05) is 13.8 Å². The Morgan fingerprint density at radius 2 is 1.18 bits per heavy atom. The standard InChI is InChI=1S/C22H23N3O4.C21H19N3O5.C2H6/c1-2-27-11-5-10-23-22(26)15-8-9-16-17(14-15)25-21(19-7-4-13-29-19)20(24-16)18-6-3-12-28-18;1-26-18(27-2)12-22-21(25)13-7-8-14-15(11-13)24-20(17-6-4-10-29-17)19(23-14)16-5-3-9-28-16;1-2/h4,6-9,13-14H,2-3,5,10-12H2,1H3,(H,23,26);3-11,18H,12H2,1-2H3,(H,22,25);1-2H3. The minimum absolute atomic E-state index is 0.143. The summed E-state index contributed by atoms with van der Waals surface area (Å²) in [6.07, 6.45) is 7.85. The second kappa shape index (κ2) is 21.4. The van der Waals surface area contributed by atoms with E-state index in [4.69, 9.17) is 47.2 Å². The minimum Gasteiger partial charge on any atom is -0.491 e. The van der Waals surface area contributed by atoms with E-state index in [9.17, 15) is 9.59 Å². The molecule has 0 saturated carbocycles. The SMILES string of the molecule is CC.CCOCCCNC(=O)c1ccc2nc(C3=CCCO3)c(-c3ccco3)nc2c1.COC(CNC(=O)c1ccc2nc(-c3ccco3)c(-c3ccco3)nc2c1)OC. The molecule has 15 heteroatoms. The molecule has 6 heterocycles. The molecule has 2 aromatic carbocycles. The summed E-state index contributed by atoms with van der Waals surface area (Å²) in [5.41, 5.74) is 5.87. The summed E-state index contributed by atoms with van der Waals surface area (Å²) in [5.74, 6) is 2.05. The highest BCUT2D eigenvalue weighted by atomic mass is 16.7. The van der Waals surface area contributed by atoms with Gasteiger partial charge in [0.25, 0.3) is 11.8 Å². The maximum atomic E-state index is 12.5. The maximum Gasteiger partial charge on any atom is 0.251 e. The first-order valence-electron chi connectivity index (χ1n) is 19.7. The van der Waals surface area contributed by atoms with Crippen LogP contribution in [0.25, 0.3) is 62.2 Å². The maximum absolute atomic E-state index is 12.5. The molecule has 312 valence electrons. The van der Waals surface area contributed by atoms with Gasteiger partial charge in [0, 0.05) is 51.5 Å². The predicted octanol–water partition coefficient (Wildman–Crippen LogP) is 8.33. The van der Waals surface area contributed by atoms with E-state index in [0.29, 0.717) is 105 Å². The first-order chi connectivity index (χ1) is 29.4. The first kappa shape index (κ1) is 42.9. The van der Waals surface area contributed by atoms with E-state index in [1.165, 1.54) is 14.2 Å². The number of carbonyl (C=O) groups is 2. The lowest BCUT2D eigenvalue weighted by Gasteiger charge is -2.14. The number of nitrogens with zero attached hydrogens (tertiary/aromatic N) is 4. The molecule has 2 N–H and O–H groups in total. The number of ether oxygens (including phenoxy) is 4. The third-order valence-corrected chi connectivity index (χ3v) is 8.97. The van der Waals surface area contributed by atoms with E-state index in [1.54, 1.807) is 73.4 Å². The van der Waals surface area contributed by atoms with Crippen molar-refractivity contribution < 1.29 is 41.8 Å². The van der Waals surface area contributed by atoms with Crippen molar-refractivity contribution in [2.75, 3.05) is 47.1 Å². The van der Waals surface area contributed by atoms with Crippen molar-refractivity contribution in [1.29, 1.82) is 0 Å². The van der Waals surface area contributed by atoms with E-state index < -0.39 is 6.29 Å². The molecule has 0 spiro atoms. The van der Waals surface area contributed by atoms with Crippen LogP contribution in [-0.2, 0) is 18.9 Å². The topological polar surface area (TPSA) is 186 Å². The lowest BCUT2D eigenvalue weighted by Crippen LogP contribution is -2.34. The van der Waals surface area contributed by atoms with Gasteiger partial charge in [-0.2, -0.15) is 0 Å². The molecule has 1 aliphatic rings. The van der Waals surface area contributed by atoms with E-state index in [2.05, 4.69) is 15.6 Å². The molecule has 0 atom stereocenters. The zero-order valence-electron chi connectivity index (χ0n) is 34.2. The fraction of sp³-hybridized carbons (Fsp3) is 0.289. The smallest absolute Gasteiger partial charge is 0.251 e. The zero-order valence-corrected chi connectivity index (χ0v) is 34.2. The molecule has 0 saturated heterocycles. The van der Waals surface area contributed by atoms with Crippen LogP contribution in [0.2, 0.25) is 0 Å². The van der Waals surface area contributed by atoms with Crippen molar-refractivity contribution in [3.05, 3.63) is 114 Å². The van der Waals surface area contributed by atoms with Crippen molar-refractivity contribution in [1.82, 2.24) is 30.6 Å². The van der Waals surface area contributed by atoms with Crippen molar-refractivity contribution in [3.8, 4) is 34.4 Å². The van der Waals surface area contributed by atoms with Crippen molar-refractivity contribution in [3.63, 3.8) is 0 Å². The van der Waals surface area contributed by atoms with Gasteiger partial charge in [0.1, 0.15) is 28.5 Å². The lowest BCUT2D eigenvalue weighted by atomic mass is 10.1. The Hall–Kier alpha value is -6.68. The Balaban J connectivity index is 0.000000193. The second-order valence-corrected chi connectivity index (χ2v) is 12.8. The van der Waals surface area contributed by atoms with Gasteiger partial charge in [0.15, 0.2) is 23.6 Å². The number of carbonyl (C=O) groups excluding carboxylic acids is 2. The molecule has 8 rings (SSSR count). The number of methoxy groups -OCH3 is 2. The van der Waals surface area contributed by atoms with Crippen LogP contribution in [0.4, 0.5) is 0 Å². The zero-order chi connectivity index (χ0) is 42.3. The van der Waals surface area contributed by atoms with Crippen molar-refractivity contribution in [2.45, 2.75) is 39.9 Å². The molecule has 7 aromatic rings. The number of furan rings is 3. The summed E-state index contributed by atoms with van der Waals surface area (Å²) in [6, 6.07) is 21.3. The number of hydrogen-bond acceptors (Lipinski definition) is 13. The molecule has 2 amide bonds. The largest absolute Gasteiger partial charge is 0.491 e. The number of amides is 2. The molecule has 1 aliphatic heterocycles. The highest BCUT2D eigenvalue weighted by molar-refractivity contribution is 5.98. The lowest BCUT2D eigenvalue weighted by molar-refractivity contribution is -0.0974. The van der Waals surface area contributed by atoms with Crippen LogP contribution in [0.5, 0.6) is 0 Å². The predicted molar refractivity (Wildman–Crippen MR) is 226 cm³/mol. The summed E-state index contributed by atoms with van der Waals surface area (Å²) in [6.45, 7) is 8.68. The highest BCUT2D eigenvalue weighted by Gasteiger charge is 2.22.